The van der Waals surface area contributed by atoms with Gasteiger partial charge in [0.25, 0.3) is 5.91 Å². The fourth-order valence-corrected chi connectivity index (χ4v) is 1.40. The number of hydrogen-bond acceptors (Lipinski definition) is 3. The summed E-state index contributed by atoms with van der Waals surface area (Å²) >= 11 is 0. The fraction of sp³-hybridized carbons (Fsp3) is 0.818. The number of carbonyl (C=O) groups is 2. The van der Waals surface area contributed by atoms with Gasteiger partial charge in [-0.3, -0.25) is 9.59 Å². The van der Waals surface area contributed by atoms with E-state index >= 15 is 0 Å². The molecule has 0 aliphatic carbocycles. The topological polar surface area (TPSA) is 46.6 Å². The third-order valence-corrected chi connectivity index (χ3v) is 2.40. The van der Waals surface area contributed by atoms with E-state index in [2.05, 4.69) is 0 Å². The Bertz CT molecular complexity index is 249. The summed E-state index contributed by atoms with van der Waals surface area (Å²) in [6.07, 6.45) is 2.11. The van der Waals surface area contributed by atoms with Crippen LogP contribution in [0.15, 0.2) is 0 Å². The monoisotopic (exact) mass is 213 g/mol. The summed E-state index contributed by atoms with van der Waals surface area (Å²) in [5, 5.41) is 0. The highest BCUT2D eigenvalue weighted by atomic mass is 16.5. The molecule has 1 fully saturated rings. The van der Waals surface area contributed by atoms with Gasteiger partial charge in [0.1, 0.15) is 0 Å². The second-order valence-corrected chi connectivity index (χ2v) is 4.91. The minimum Gasteiger partial charge on any atom is -0.455 e. The Labute approximate surface area is 90.6 Å². The normalized spacial score (nSPS) is 16.6. The summed E-state index contributed by atoms with van der Waals surface area (Å²) in [6, 6.07) is 0. The van der Waals surface area contributed by atoms with Crippen LogP contribution in [0, 0.1) is 5.41 Å². The molecule has 1 saturated heterocycles. The molecule has 1 heterocycles. The SMILES string of the molecule is CC(C)(C)C(=O)OCC(=O)N1CCCC1. The van der Waals surface area contributed by atoms with E-state index in [1.54, 1.807) is 25.7 Å². The smallest absolute Gasteiger partial charge is 0.311 e. The lowest BCUT2D eigenvalue weighted by molar-refractivity contribution is -0.158. The number of esters is 1. The largest absolute Gasteiger partial charge is 0.455 e. The highest BCUT2D eigenvalue weighted by Crippen LogP contribution is 2.15. The van der Waals surface area contributed by atoms with E-state index in [9.17, 15) is 9.59 Å². The van der Waals surface area contributed by atoms with Crippen LogP contribution in [0.4, 0.5) is 0 Å². The average Bonchev–Trinajstić information content (AvgIpc) is 2.64. The van der Waals surface area contributed by atoms with Gasteiger partial charge in [-0.05, 0) is 33.6 Å². The van der Waals surface area contributed by atoms with E-state index in [0.29, 0.717) is 0 Å². The van der Waals surface area contributed by atoms with Gasteiger partial charge in [-0.1, -0.05) is 0 Å². The standard InChI is InChI=1S/C11H19NO3/c1-11(2,3)10(14)15-8-9(13)12-6-4-5-7-12/h4-8H2,1-3H3. The van der Waals surface area contributed by atoms with Gasteiger partial charge in [-0.2, -0.15) is 0 Å². The van der Waals surface area contributed by atoms with Gasteiger partial charge in [-0.15, -0.1) is 0 Å². The summed E-state index contributed by atoms with van der Waals surface area (Å²) in [5.74, 6) is -0.403. The first-order valence-corrected chi connectivity index (χ1v) is 5.36. The number of ether oxygens (including phenoxy) is 1. The van der Waals surface area contributed by atoms with Crippen LogP contribution in [-0.2, 0) is 14.3 Å². The molecule has 0 aromatic heterocycles. The first kappa shape index (κ1) is 12.0. The van der Waals surface area contributed by atoms with Crippen molar-refractivity contribution >= 4 is 11.9 Å². The van der Waals surface area contributed by atoms with E-state index in [-0.39, 0.29) is 18.5 Å². The Morgan fingerprint density at radius 1 is 1.20 bits per heavy atom. The Hall–Kier alpha value is -1.06. The van der Waals surface area contributed by atoms with Crippen molar-refractivity contribution in [1.29, 1.82) is 0 Å². The van der Waals surface area contributed by atoms with Crippen LogP contribution < -0.4 is 0 Å². The second kappa shape index (κ2) is 4.64. The molecule has 0 unspecified atom stereocenters. The Kier molecular flexibility index (Phi) is 3.72. The van der Waals surface area contributed by atoms with Crippen LogP contribution in [0.25, 0.3) is 0 Å². The van der Waals surface area contributed by atoms with Crippen LogP contribution in [0.1, 0.15) is 33.6 Å². The van der Waals surface area contributed by atoms with E-state index in [1.807, 2.05) is 0 Å². The summed E-state index contributed by atoms with van der Waals surface area (Å²) in [7, 11) is 0. The van der Waals surface area contributed by atoms with Crippen LogP contribution >= 0.6 is 0 Å². The van der Waals surface area contributed by atoms with E-state index in [0.717, 1.165) is 25.9 Å². The van der Waals surface area contributed by atoms with Gasteiger partial charge in [0.15, 0.2) is 6.61 Å². The van der Waals surface area contributed by atoms with Gasteiger partial charge in [-0.25, -0.2) is 0 Å². The molecule has 4 heteroatoms. The zero-order chi connectivity index (χ0) is 11.5. The summed E-state index contributed by atoms with van der Waals surface area (Å²) in [5.41, 5.74) is -0.536. The minimum absolute atomic E-state index is 0.0786. The predicted molar refractivity (Wildman–Crippen MR) is 56.2 cm³/mol. The molecule has 1 rings (SSSR count). The third-order valence-electron chi connectivity index (χ3n) is 2.40. The molecule has 15 heavy (non-hydrogen) atoms. The predicted octanol–water partition coefficient (Wildman–Crippen LogP) is 1.20. The van der Waals surface area contributed by atoms with Gasteiger partial charge < -0.3 is 9.64 Å². The van der Waals surface area contributed by atoms with E-state index in [4.69, 9.17) is 4.74 Å². The van der Waals surface area contributed by atoms with Crippen molar-refractivity contribution < 1.29 is 14.3 Å². The highest BCUT2D eigenvalue weighted by Gasteiger charge is 2.25. The number of likely N-dealkylation sites (tertiary alicyclic amines) is 1. The number of carbonyl (C=O) groups excluding carboxylic acids is 2. The van der Waals surface area contributed by atoms with Crippen molar-refractivity contribution in [2.45, 2.75) is 33.6 Å². The van der Waals surface area contributed by atoms with Crippen molar-refractivity contribution in [2.24, 2.45) is 5.41 Å². The van der Waals surface area contributed by atoms with Crippen LogP contribution in [0.5, 0.6) is 0 Å². The zero-order valence-corrected chi connectivity index (χ0v) is 9.71. The maximum atomic E-state index is 11.5. The summed E-state index contributed by atoms with van der Waals surface area (Å²) in [6.45, 7) is 6.80. The van der Waals surface area contributed by atoms with Gasteiger partial charge in [0.05, 0.1) is 5.41 Å². The third kappa shape index (κ3) is 3.53. The summed E-state index contributed by atoms with van der Waals surface area (Å²) in [4.78, 5) is 24.7. The highest BCUT2D eigenvalue weighted by molar-refractivity contribution is 5.82. The molecule has 0 atom stereocenters. The number of hydrogen-bond donors (Lipinski definition) is 0. The zero-order valence-electron chi connectivity index (χ0n) is 9.71. The second-order valence-electron chi connectivity index (χ2n) is 4.91. The van der Waals surface area contributed by atoms with Crippen LogP contribution in [0.2, 0.25) is 0 Å². The minimum atomic E-state index is -0.536. The molecular formula is C11H19NO3. The molecule has 0 N–H and O–H groups in total. The molecule has 0 saturated carbocycles. The van der Waals surface area contributed by atoms with Crippen LogP contribution in [0.3, 0.4) is 0 Å². The first-order valence-electron chi connectivity index (χ1n) is 5.36. The van der Waals surface area contributed by atoms with Crippen molar-refractivity contribution in [3.8, 4) is 0 Å². The molecule has 1 amide bonds. The lowest BCUT2D eigenvalue weighted by atomic mass is 9.97. The molecule has 0 bridgehead atoms. The molecule has 1 aliphatic heterocycles. The Morgan fingerprint density at radius 3 is 2.20 bits per heavy atom. The first-order chi connectivity index (χ1) is 6.91. The number of nitrogens with zero attached hydrogens (tertiary/aromatic N) is 1. The van der Waals surface area contributed by atoms with E-state index in [1.165, 1.54) is 0 Å². The van der Waals surface area contributed by atoms with Gasteiger partial charge in [0.2, 0.25) is 0 Å². The number of rotatable bonds is 2. The number of amides is 1. The Balaban J connectivity index is 2.30. The molecular weight excluding hydrogens is 194 g/mol. The van der Waals surface area contributed by atoms with Crippen molar-refractivity contribution in [3.63, 3.8) is 0 Å². The quantitative estimate of drug-likeness (QED) is 0.647. The lowest BCUT2D eigenvalue weighted by Crippen LogP contribution is -2.34. The molecule has 1 aliphatic rings. The van der Waals surface area contributed by atoms with Gasteiger partial charge in [0, 0.05) is 13.1 Å². The van der Waals surface area contributed by atoms with E-state index < -0.39 is 5.41 Å². The fourth-order valence-electron chi connectivity index (χ4n) is 1.40. The van der Waals surface area contributed by atoms with Gasteiger partial charge >= 0.3 is 5.97 Å². The summed E-state index contributed by atoms with van der Waals surface area (Å²) < 4.78 is 4.95. The van der Waals surface area contributed by atoms with Crippen molar-refractivity contribution in [3.05, 3.63) is 0 Å². The maximum absolute atomic E-state index is 11.5. The van der Waals surface area contributed by atoms with Crippen molar-refractivity contribution in [1.82, 2.24) is 4.90 Å². The molecule has 4 nitrogen and oxygen atoms in total. The molecule has 0 aromatic rings. The molecule has 0 radical (unpaired) electrons. The molecule has 0 aromatic carbocycles. The average molecular weight is 213 g/mol. The molecule has 0 spiro atoms. The lowest BCUT2D eigenvalue weighted by Gasteiger charge is -2.19. The van der Waals surface area contributed by atoms with Crippen LogP contribution in [-0.4, -0.2) is 36.5 Å². The molecule has 86 valence electrons. The van der Waals surface area contributed by atoms with Crippen molar-refractivity contribution in [2.75, 3.05) is 19.7 Å². The maximum Gasteiger partial charge on any atom is 0.311 e. The Morgan fingerprint density at radius 2 is 1.73 bits per heavy atom.